The highest BCUT2D eigenvalue weighted by atomic mass is 127. The third-order valence-electron chi connectivity index (χ3n) is 4.41. The molecule has 3 aromatic rings. The van der Waals surface area contributed by atoms with Gasteiger partial charge in [-0.1, -0.05) is 48.5 Å². The van der Waals surface area contributed by atoms with Gasteiger partial charge in [-0.3, -0.25) is 0 Å². The minimum Gasteiger partial charge on any atom is -0.491 e. The van der Waals surface area contributed by atoms with Crippen LogP contribution in [0.5, 0.6) is 5.75 Å². The summed E-state index contributed by atoms with van der Waals surface area (Å²) in [4.78, 5) is 8.89. The Morgan fingerprint density at radius 3 is 2.47 bits per heavy atom. The Balaban J connectivity index is 0.00000320. The number of ether oxygens (including phenoxy) is 1. The fraction of sp³-hybridized carbons (Fsp3) is 0.304. The molecular formula is C23H29IN4O2. The van der Waals surface area contributed by atoms with Gasteiger partial charge < -0.3 is 19.8 Å². The van der Waals surface area contributed by atoms with Crippen LogP contribution in [0.25, 0.3) is 11.1 Å². The number of hydrogen-bond donors (Lipinski definition) is 2. The van der Waals surface area contributed by atoms with Crippen molar-refractivity contribution >= 4 is 29.9 Å². The molecule has 0 fully saturated rings. The van der Waals surface area contributed by atoms with Crippen LogP contribution in [0, 0.1) is 13.8 Å². The second-order valence-corrected chi connectivity index (χ2v) is 6.58. The molecule has 1 heterocycles. The summed E-state index contributed by atoms with van der Waals surface area (Å²) >= 11 is 0. The van der Waals surface area contributed by atoms with Crippen molar-refractivity contribution < 1.29 is 9.15 Å². The van der Waals surface area contributed by atoms with Crippen molar-refractivity contribution in [1.82, 2.24) is 15.6 Å². The number of guanidine groups is 1. The molecule has 6 nitrogen and oxygen atoms in total. The number of oxazole rings is 1. The van der Waals surface area contributed by atoms with Crippen molar-refractivity contribution in [2.24, 2.45) is 4.99 Å². The number of aliphatic imine (C=N–C) groups is 1. The summed E-state index contributed by atoms with van der Waals surface area (Å²) in [5, 5.41) is 6.51. The summed E-state index contributed by atoms with van der Waals surface area (Å²) < 4.78 is 11.6. The normalized spacial score (nSPS) is 11.0. The van der Waals surface area contributed by atoms with Gasteiger partial charge in [-0.05, 0) is 32.4 Å². The summed E-state index contributed by atoms with van der Waals surface area (Å²) in [5.74, 6) is 3.03. The van der Waals surface area contributed by atoms with E-state index in [0.29, 0.717) is 31.5 Å². The number of aromatic nitrogens is 1. The van der Waals surface area contributed by atoms with Gasteiger partial charge in [0, 0.05) is 12.1 Å². The number of para-hydroxylation sites is 1. The minimum atomic E-state index is 0. The Morgan fingerprint density at radius 2 is 1.77 bits per heavy atom. The fourth-order valence-electron chi connectivity index (χ4n) is 2.87. The molecular weight excluding hydrogens is 491 g/mol. The summed E-state index contributed by atoms with van der Waals surface area (Å²) in [7, 11) is 0. The molecule has 160 valence electrons. The molecule has 0 radical (unpaired) electrons. The summed E-state index contributed by atoms with van der Waals surface area (Å²) in [6, 6.07) is 18.3. The van der Waals surface area contributed by atoms with Gasteiger partial charge in [-0.2, -0.15) is 0 Å². The van der Waals surface area contributed by atoms with Crippen molar-refractivity contribution in [3.63, 3.8) is 0 Å². The topological polar surface area (TPSA) is 71.7 Å². The Bertz CT molecular complexity index is 922. The second-order valence-electron chi connectivity index (χ2n) is 6.58. The molecule has 0 amide bonds. The molecule has 0 spiro atoms. The van der Waals surface area contributed by atoms with Crippen LogP contribution in [-0.2, 0) is 6.54 Å². The van der Waals surface area contributed by atoms with E-state index in [9.17, 15) is 0 Å². The largest absolute Gasteiger partial charge is 0.491 e. The number of nitrogens with one attached hydrogen (secondary N) is 2. The molecule has 0 saturated heterocycles. The molecule has 0 aliphatic carbocycles. The minimum absolute atomic E-state index is 0. The SMILES string of the molecule is CCNC(=NCc1nc(C)c(C)o1)NCCOc1ccccc1-c1ccccc1.I. The van der Waals surface area contributed by atoms with Gasteiger partial charge in [0.15, 0.2) is 5.96 Å². The van der Waals surface area contributed by atoms with E-state index in [1.807, 2.05) is 57.2 Å². The predicted octanol–water partition coefficient (Wildman–Crippen LogP) is 4.71. The molecule has 2 N–H and O–H groups in total. The van der Waals surface area contributed by atoms with Crippen LogP contribution >= 0.6 is 24.0 Å². The van der Waals surface area contributed by atoms with Crippen molar-refractivity contribution in [1.29, 1.82) is 0 Å². The van der Waals surface area contributed by atoms with E-state index < -0.39 is 0 Å². The van der Waals surface area contributed by atoms with E-state index in [0.717, 1.165) is 34.9 Å². The van der Waals surface area contributed by atoms with Crippen LogP contribution in [0.2, 0.25) is 0 Å². The van der Waals surface area contributed by atoms with Crippen LogP contribution in [0.15, 0.2) is 64.0 Å². The van der Waals surface area contributed by atoms with Crippen LogP contribution in [0.1, 0.15) is 24.3 Å². The number of benzene rings is 2. The van der Waals surface area contributed by atoms with Crippen molar-refractivity contribution in [2.45, 2.75) is 27.3 Å². The molecule has 3 rings (SSSR count). The summed E-state index contributed by atoms with van der Waals surface area (Å²) in [5.41, 5.74) is 3.13. The maximum atomic E-state index is 6.03. The Kier molecular flexibility index (Phi) is 9.66. The van der Waals surface area contributed by atoms with Gasteiger partial charge >= 0.3 is 0 Å². The predicted molar refractivity (Wildman–Crippen MR) is 132 cm³/mol. The van der Waals surface area contributed by atoms with E-state index in [1.165, 1.54) is 0 Å². The first kappa shape index (κ1) is 23.7. The quantitative estimate of drug-likeness (QED) is 0.195. The van der Waals surface area contributed by atoms with E-state index >= 15 is 0 Å². The molecule has 0 bridgehead atoms. The molecule has 0 aliphatic heterocycles. The third-order valence-corrected chi connectivity index (χ3v) is 4.41. The third kappa shape index (κ3) is 6.76. The van der Waals surface area contributed by atoms with Crippen molar-refractivity contribution in [2.75, 3.05) is 19.7 Å². The highest BCUT2D eigenvalue weighted by Gasteiger charge is 2.07. The molecule has 1 aromatic heterocycles. The van der Waals surface area contributed by atoms with E-state index in [2.05, 4.69) is 38.8 Å². The van der Waals surface area contributed by atoms with Gasteiger partial charge in [0.1, 0.15) is 24.7 Å². The molecule has 0 saturated carbocycles. The first-order chi connectivity index (χ1) is 14.2. The van der Waals surface area contributed by atoms with Crippen LogP contribution in [-0.4, -0.2) is 30.6 Å². The van der Waals surface area contributed by atoms with Gasteiger partial charge in [0.2, 0.25) is 5.89 Å². The van der Waals surface area contributed by atoms with E-state index in [-0.39, 0.29) is 24.0 Å². The van der Waals surface area contributed by atoms with Crippen LogP contribution in [0.3, 0.4) is 0 Å². The Morgan fingerprint density at radius 1 is 1.03 bits per heavy atom. The molecule has 7 heteroatoms. The second kappa shape index (κ2) is 12.2. The fourth-order valence-corrected chi connectivity index (χ4v) is 2.87. The molecule has 30 heavy (non-hydrogen) atoms. The maximum Gasteiger partial charge on any atom is 0.216 e. The first-order valence-corrected chi connectivity index (χ1v) is 9.89. The summed E-state index contributed by atoms with van der Waals surface area (Å²) in [6.45, 7) is 8.17. The zero-order chi connectivity index (χ0) is 20.5. The molecule has 0 aliphatic rings. The number of rotatable bonds is 8. The monoisotopic (exact) mass is 520 g/mol. The number of hydrogen-bond acceptors (Lipinski definition) is 4. The lowest BCUT2D eigenvalue weighted by Gasteiger charge is -2.14. The van der Waals surface area contributed by atoms with Gasteiger partial charge in [-0.25, -0.2) is 9.98 Å². The molecule has 0 atom stereocenters. The highest BCUT2D eigenvalue weighted by molar-refractivity contribution is 14.0. The number of nitrogens with zero attached hydrogens (tertiary/aromatic N) is 2. The van der Waals surface area contributed by atoms with Crippen LogP contribution in [0.4, 0.5) is 0 Å². The number of aryl methyl sites for hydroxylation is 2. The van der Waals surface area contributed by atoms with Crippen LogP contribution < -0.4 is 15.4 Å². The average molecular weight is 520 g/mol. The first-order valence-electron chi connectivity index (χ1n) is 9.89. The Hall–Kier alpha value is -2.55. The lowest BCUT2D eigenvalue weighted by Crippen LogP contribution is -2.39. The smallest absolute Gasteiger partial charge is 0.216 e. The van der Waals surface area contributed by atoms with Gasteiger partial charge in [0.05, 0.1) is 12.2 Å². The highest BCUT2D eigenvalue weighted by Crippen LogP contribution is 2.29. The Labute approximate surface area is 195 Å². The lowest BCUT2D eigenvalue weighted by atomic mass is 10.1. The zero-order valence-corrected chi connectivity index (χ0v) is 20.0. The summed E-state index contributed by atoms with van der Waals surface area (Å²) in [6.07, 6.45) is 0. The zero-order valence-electron chi connectivity index (χ0n) is 17.6. The van der Waals surface area contributed by atoms with E-state index in [1.54, 1.807) is 0 Å². The molecule has 2 aromatic carbocycles. The van der Waals surface area contributed by atoms with Gasteiger partial charge in [0.25, 0.3) is 0 Å². The average Bonchev–Trinajstić information content (AvgIpc) is 3.07. The van der Waals surface area contributed by atoms with Gasteiger partial charge in [-0.15, -0.1) is 24.0 Å². The number of halogens is 1. The molecule has 0 unspecified atom stereocenters. The van der Waals surface area contributed by atoms with E-state index in [4.69, 9.17) is 9.15 Å². The maximum absolute atomic E-state index is 6.03. The van der Waals surface area contributed by atoms with Crippen molar-refractivity contribution in [3.05, 3.63) is 71.9 Å². The standard InChI is InChI=1S/C23H28N4O2.HI/c1-4-24-23(26-16-22-27-17(2)18(3)29-22)25-14-15-28-21-13-9-8-12-20(21)19-10-6-5-7-11-19;/h5-13H,4,14-16H2,1-3H3,(H2,24,25,26);1H. The van der Waals surface area contributed by atoms with Crippen molar-refractivity contribution in [3.8, 4) is 16.9 Å². The lowest BCUT2D eigenvalue weighted by molar-refractivity contribution is 0.323.